The highest BCUT2D eigenvalue weighted by Crippen LogP contribution is 2.33. The van der Waals surface area contributed by atoms with Crippen LogP contribution in [-0.2, 0) is 10.0 Å². The van der Waals surface area contributed by atoms with Gasteiger partial charge in [0.2, 0.25) is 5.88 Å². The lowest BCUT2D eigenvalue weighted by Gasteiger charge is -2.30. The highest BCUT2D eigenvalue weighted by Gasteiger charge is 2.35. The van der Waals surface area contributed by atoms with Gasteiger partial charge in [-0.1, -0.05) is 13.8 Å². The van der Waals surface area contributed by atoms with Gasteiger partial charge in [-0.15, -0.1) is 4.40 Å². The maximum Gasteiger partial charge on any atom is 0.287 e. The molecule has 0 spiro atoms. The fourth-order valence-corrected chi connectivity index (χ4v) is 2.77. The molecular formula is C11H14N3O4S. The van der Waals surface area contributed by atoms with E-state index in [0.29, 0.717) is 0 Å². The average molecular weight is 284 g/mol. The van der Waals surface area contributed by atoms with E-state index in [9.17, 15) is 18.6 Å². The number of aliphatic hydroxyl groups excluding tert-OH is 1. The molecule has 1 aliphatic heterocycles. The maximum atomic E-state index is 12.0. The monoisotopic (exact) mass is 284 g/mol. The first-order valence-electron chi connectivity index (χ1n) is 5.54. The van der Waals surface area contributed by atoms with E-state index in [1.165, 1.54) is 6.07 Å². The second-order valence-electron chi connectivity index (χ2n) is 4.55. The van der Waals surface area contributed by atoms with Crippen LogP contribution < -0.4 is 5.32 Å². The summed E-state index contributed by atoms with van der Waals surface area (Å²) in [6.07, 6.45) is 1.30. The topological polar surface area (TPSA) is 112 Å². The molecule has 0 fully saturated rings. The van der Waals surface area contributed by atoms with Crippen LogP contribution in [0.4, 0.5) is 5.69 Å². The van der Waals surface area contributed by atoms with E-state index >= 15 is 0 Å². The number of nitrogens with one attached hydrogen (secondary N) is 1. The van der Waals surface area contributed by atoms with E-state index in [-0.39, 0.29) is 35.3 Å². The summed E-state index contributed by atoms with van der Waals surface area (Å²) in [7, 11) is -3.90. The molecule has 2 heterocycles. The summed E-state index contributed by atoms with van der Waals surface area (Å²) in [5, 5.41) is 21.5. The van der Waals surface area contributed by atoms with Gasteiger partial charge in [0.05, 0.1) is 18.5 Å². The number of nitrogens with zero attached hydrogens (tertiary/aromatic N) is 2. The first-order valence-corrected chi connectivity index (χ1v) is 6.98. The molecule has 1 unspecified atom stereocenters. The van der Waals surface area contributed by atoms with Gasteiger partial charge in [0, 0.05) is 11.5 Å². The van der Waals surface area contributed by atoms with Gasteiger partial charge in [-0.05, 0) is 6.42 Å². The normalized spacial score (nSPS) is 19.8. The number of rotatable bonds is 3. The highest BCUT2D eigenvalue weighted by atomic mass is 32.2. The molecule has 103 valence electrons. The molecule has 0 aliphatic carbocycles. The lowest BCUT2D eigenvalue weighted by atomic mass is 9.87. The summed E-state index contributed by atoms with van der Waals surface area (Å²) >= 11 is 0. The third-order valence-corrected chi connectivity index (χ3v) is 4.37. The second kappa shape index (κ2) is 4.46. The molecule has 0 saturated heterocycles. The zero-order valence-corrected chi connectivity index (χ0v) is 11.1. The number of pyridine rings is 1. The van der Waals surface area contributed by atoms with Crippen LogP contribution in [0.2, 0.25) is 0 Å². The van der Waals surface area contributed by atoms with Gasteiger partial charge in [0.25, 0.3) is 10.0 Å². The Morgan fingerprint density at radius 2 is 2.21 bits per heavy atom. The maximum absolute atomic E-state index is 12.0. The molecule has 1 aliphatic rings. The molecular weight excluding hydrogens is 270 g/mol. The number of sulfonamides is 1. The zero-order valence-electron chi connectivity index (χ0n) is 10.3. The van der Waals surface area contributed by atoms with Crippen LogP contribution in [0.1, 0.15) is 13.3 Å². The quantitative estimate of drug-likeness (QED) is 0.746. The van der Waals surface area contributed by atoms with E-state index in [1.54, 1.807) is 6.92 Å². The molecule has 1 aromatic rings. The lowest BCUT2D eigenvalue weighted by Crippen LogP contribution is -2.39. The second-order valence-corrected chi connectivity index (χ2v) is 6.12. The van der Waals surface area contributed by atoms with Crippen LogP contribution in [0.3, 0.4) is 0 Å². The van der Waals surface area contributed by atoms with Crippen LogP contribution in [0.25, 0.3) is 0 Å². The van der Waals surface area contributed by atoms with Crippen LogP contribution in [-0.4, -0.2) is 36.1 Å². The fraction of sp³-hybridized carbons (Fsp3) is 0.364. The molecule has 0 amide bonds. The van der Waals surface area contributed by atoms with Crippen molar-refractivity contribution < 1.29 is 18.6 Å². The summed E-state index contributed by atoms with van der Waals surface area (Å²) in [5.74, 6) is -0.203. The fourth-order valence-electron chi connectivity index (χ4n) is 1.59. The number of fused-ring (bicyclic) bond motifs is 1. The molecule has 7 nitrogen and oxygen atoms in total. The number of aromatic hydroxyl groups is 1. The van der Waals surface area contributed by atoms with Gasteiger partial charge in [0.15, 0.2) is 0 Å². The number of amidine groups is 1. The Hall–Kier alpha value is -1.67. The number of anilines is 1. The number of hydrogen-bond donors (Lipinski definition) is 3. The van der Waals surface area contributed by atoms with Crippen molar-refractivity contribution in [1.29, 1.82) is 0 Å². The van der Waals surface area contributed by atoms with Crippen molar-refractivity contribution in [3.63, 3.8) is 0 Å². The van der Waals surface area contributed by atoms with Crippen molar-refractivity contribution in [2.45, 2.75) is 18.2 Å². The Kier molecular flexibility index (Phi) is 3.23. The first-order chi connectivity index (χ1) is 8.82. The minimum absolute atomic E-state index is 0.100. The van der Waals surface area contributed by atoms with Crippen molar-refractivity contribution in [2.75, 3.05) is 11.9 Å². The summed E-state index contributed by atoms with van der Waals surface area (Å²) in [6.45, 7) is 5.03. The van der Waals surface area contributed by atoms with E-state index < -0.39 is 15.4 Å². The van der Waals surface area contributed by atoms with Crippen LogP contribution in [0, 0.1) is 12.3 Å². The predicted molar refractivity (Wildman–Crippen MR) is 69.3 cm³/mol. The molecule has 1 radical (unpaired) electrons. The minimum atomic E-state index is -3.90. The molecule has 2 rings (SSSR count). The van der Waals surface area contributed by atoms with Crippen molar-refractivity contribution in [3.8, 4) is 5.88 Å². The highest BCUT2D eigenvalue weighted by molar-refractivity contribution is 7.90. The molecule has 8 heteroatoms. The Labute approximate surface area is 111 Å². The summed E-state index contributed by atoms with van der Waals surface area (Å²) in [4.78, 5) is 3.41. The van der Waals surface area contributed by atoms with Gasteiger partial charge in [-0.25, -0.2) is 4.98 Å². The number of aliphatic hydroxyl groups is 1. The zero-order chi connectivity index (χ0) is 14.3. The number of aromatic nitrogens is 1. The van der Waals surface area contributed by atoms with Crippen LogP contribution in [0.5, 0.6) is 5.88 Å². The van der Waals surface area contributed by atoms with Crippen LogP contribution in [0.15, 0.2) is 21.6 Å². The Balaban J connectivity index is 2.58. The number of hydrogen-bond acceptors (Lipinski definition) is 6. The van der Waals surface area contributed by atoms with Crippen LogP contribution >= 0.6 is 0 Å². The van der Waals surface area contributed by atoms with Crippen molar-refractivity contribution >= 4 is 21.5 Å². The summed E-state index contributed by atoms with van der Waals surface area (Å²) in [5.41, 5.74) is -0.713. The molecule has 1 aromatic heterocycles. The predicted octanol–water partition coefficient (Wildman–Crippen LogP) is 0.523. The van der Waals surface area contributed by atoms with Gasteiger partial charge in [-0.2, -0.15) is 8.42 Å². The molecule has 0 bridgehead atoms. The van der Waals surface area contributed by atoms with Crippen molar-refractivity contribution in [2.24, 2.45) is 9.81 Å². The third-order valence-electron chi connectivity index (χ3n) is 3.07. The molecule has 1 atom stereocenters. The average Bonchev–Trinajstić information content (AvgIpc) is 2.36. The van der Waals surface area contributed by atoms with Crippen molar-refractivity contribution in [3.05, 3.63) is 19.2 Å². The van der Waals surface area contributed by atoms with E-state index in [1.807, 2.05) is 0 Å². The Bertz CT molecular complexity index is 635. The van der Waals surface area contributed by atoms with E-state index in [0.717, 1.165) is 6.20 Å². The van der Waals surface area contributed by atoms with Gasteiger partial charge in [0.1, 0.15) is 10.7 Å². The Morgan fingerprint density at radius 3 is 2.79 bits per heavy atom. The minimum Gasteiger partial charge on any atom is -0.493 e. The summed E-state index contributed by atoms with van der Waals surface area (Å²) < 4.78 is 27.7. The molecule has 19 heavy (non-hydrogen) atoms. The van der Waals surface area contributed by atoms with E-state index in [4.69, 9.17) is 0 Å². The molecule has 0 saturated carbocycles. The lowest BCUT2D eigenvalue weighted by molar-refractivity contribution is 0.200. The molecule has 3 N–H and O–H groups in total. The van der Waals surface area contributed by atoms with Gasteiger partial charge in [-0.3, -0.25) is 0 Å². The van der Waals surface area contributed by atoms with E-state index in [2.05, 4.69) is 21.6 Å². The largest absolute Gasteiger partial charge is 0.493 e. The Morgan fingerprint density at radius 1 is 1.53 bits per heavy atom. The van der Waals surface area contributed by atoms with Crippen molar-refractivity contribution in [1.82, 2.24) is 4.98 Å². The third kappa shape index (κ3) is 2.28. The van der Waals surface area contributed by atoms with Gasteiger partial charge >= 0.3 is 0 Å². The molecule has 0 aromatic carbocycles. The first kappa shape index (κ1) is 13.8. The SMILES string of the molecule is [CH2]CC(C)(CO)C1=NS(=O)(=O)c2cnc(O)cc2N1. The van der Waals surface area contributed by atoms with Gasteiger partial charge < -0.3 is 15.5 Å². The smallest absolute Gasteiger partial charge is 0.287 e. The standard InChI is InChI=1S/C11H14N3O4S/c1-3-11(2,6-15)10-13-7-4-9(16)12-5-8(7)19(17,18)14-10/h4-5,15H,1,3,6H2,2H3,(H,12,16)(H,13,14). The summed E-state index contributed by atoms with van der Waals surface area (Å²) in [6, 6.07) is 1.20.